The quantitative estimate of drug-likeness (QED) is 0.482. The van der Waals surface area contributed by atoms with Crippen molar-refractivity contribution in [2.75, 3.05) is 6.54 Å². The van der Waals surface area contributed by atoms with Crippen LogP contribution in [0.25, 0.3) is 0 Å². The minimum absolute atomic E-state index is 0.180. The van der Waals surface area contributed by atoms with Crippen LogP contribution < -0.4 is 11.5 Å². The molecule has 0 aliphatic rings. The zero-order valence-electron chi connectivity index (χ0n) is 5.46. The van der Waals surface area contributed by atoms with Gasteiger partial charge in [0.15, 0.2) is 0 Å². The van der Waals surface area contributed by atoms with E-state index in [0.29, 0.717) is 0 Å². The molecule has 0 amide bonds. The summed E-state index contributed by atoms with van der Waals surface area (Å²) in [6.07, 6.45) is -1.53. The summed E-state index contributed by atoms with van der Waals surface area (Å²) in [7, 11) is 0. The predicted octanol–water partition coefficient (Wildman–Crippen LogP) is -0.915. The first-order valence-electron chi connectivity index (χ1n) is 2.90. The number of alkyl halides is 1. The molecule has 0 aromatic heterocycles. The Morgan fingerprint density at radius 1 is 1.70 bits per heavy atom. The molecular weight excluding hydrogens is 138 g/mol. The van der Waals surface area contributed by atoms with Crippen LogP contribution in [0.1, 0.15) is 6.42 Å². The largest absolute Gasteiger partial charge is 0.480 e. The van der Waals surface area contributed by atoms with E-state index in [1.807, 2.05) is 0 Å². The lowest BCUT2D eigenvalue weighted by Gasteiger charge is -2.07. The summed E-state index contributed by atoms with van der Waals surface area (Å²) in [5.41, 5.74) is 9.89. The molecule has 5 N–H and O–H groups in total. The second kappa shape index (κ2) is 4.19. The van der Waals surface area contributed by atoms with Gasteiger partial charge in [-0.3, -0.25) is 4.79 Å². The summed E-state index contributed by atoms with van der Waals surface area (Å²) in [5.74, 6) is -1.20. The van der Waals surface area contributed by atoms with Crippen molar-refractivity contribution in [1.82, 2.24) is 0 Å². The fourth-order valence-corrected chi connectivity index (χ4v) is 0.473. The predicted molar refractivity (Wildman–Crippen MR) is 34.2 cm³/mol. The molecule has 0 aromatic carbocycles. The molecule has 10 heavy (non-hydrogen) atoms. The van der Waals surface area contributed by atoms with Crippen molar-refractivity contribution in [3.05, 3.63) is 0 Å². The normalized spacial score (nSPS) is 16.3. The third-order valence-corrected chi connectivity index (χ3v) is 1.08. The molecule has 0 aliphatic heterocycles. The van der Waals surface area contributed by atoms with E-state index in [9.17, 15) is 9.18 Å². The first kappa shape index (κ1) is 9.32. The number of aliphatic carboxylic acids is 1. The van der Waals surface area contributed by atoms with Crippen molar-refractivity contribution >= 4 is 5.97 Å². The highest BCUT2D eigenvalue weighted by Crippen LogP contribution is 1.98. The van der Waals surface area contributed by atoms with Crippen molar-refractivity contribution in [2.45, 2.75) is 18.6 Å². The van der Waals surface area contributed by atoms with Crippen LogP contribution in [-0.2, 0) is 4.79 Å². The Bertz CT molecular complexity index is 120. The van der Waals surface area contributed by atoms with E-state index in [1.54, 1.807) is 0 Å². The van der Waals surface area contributed by atoms with Crippen LogP contribution in [0.15, 0.2) is 0 Å². The molecule has 0 saturated carbocycles. The number of carboxylic acid groups (broad SMARTS) is 1. The SMILES string of the molecule is NCC([18F])C[C@H](N)C(=O)O. The highest BCUT2D eigenvalue weighted by Gasteiger charge is 2.16. The fourth-order valence-electron chi connectivity index (χ4n) is 0.473. The van der Waals surface area contributed by atoms with Gasteiger partial charge in [0, 0.05) is 13.0 Å². The standard InChI is InChI=1S/C5H11FN2O2/c6-3(2-7)1-4(8)5(9)10/h3-4H,1-2,7-8H2,(H,9,10)/t3?,4-/m0/s1/i6-1. The molecule has 0 bridgehead atoms. The molecule has 0 aromatic rings. The maximum Gasteiger partial charge on any atom is 0.320 e. The van der Waals surface area contributed by atoms with E-state index < -0.39 is 18.2 Å². The Balaban J connectivity index is 3.56. The van der Waals surface area contributed by atoms with Crippen molar-refractivity contribution in [3.63, 3.8) is 0 Å². The topological polar surface area (TPSA) is 89.3 Å². The number of hydrogen-bond donors (Lipinski definition) is 3. The maximum atomic E-state index is 12.3. The summed E-state index contributed by atoms with van der Waals surface area (Å²) >= 11 is 0. The van der Waals surface area contributed by atoms with E-state index >= 15 is 0 Å². The molecule has 4 nitrogen and oxygen atoms in total. The summed E-state index contributed by atoms with van der Waals surface area (Å²) in [6, 6.07) is -1.14. The number of hydrogen-bond acceptors (Lipinski definition) is 3. The van der Waals surface area contributed by atoms with Gasteiger partial charge >= 0.3 is 5.97 Å². The Labute approximate surface area is 58.0 Å². The zero-order chi connectivity index (χ0) is 8.15. The van der Waals surface area contributed by atoms with Crippen molar-refractivity contribution in [3.8, 4) is 0 Å². The van der Waals surface area contributed by atoms with Gasteiger partial charge in [-0.25, -0.2) is 4.39 Å². The lowest BCUT2D eigenvalue weighted by molar-refractivity contribution is -0.139. The zero-order valence-corrected chi connectivity index (χ0v) is 5.46. The summed E-state index contributed by atoms with van der Waals surface area (Å²) in [4.78, 5) is 10.0. The smallest absolute Gasteiger partial charge is 0.320 e. The van der Waals surface area contributed by atoms with Crippen molar-refractivity contribution in [2.24, 2.45) is 11.5 Å². The Hall–Kier alpha value is -0.680. The monoisotopic (exact) mass is 149 g/mol. The molecule has 0 radical (unpaired) electrons. The highest BCUT2D eigenvalue weighted by molar-refractivity contribution is 5.73. The van der Waals surface area contributed by atoms with Gasteiger partial charge in [-0.1, -0.05) is 0 Å². The van der Waals surface area contributed by atoms with E-state index in [2.05, 4.69) is 0 Å². The Morgan fingerprint density at radius 2 is 2.20 bits per heavy atom. The van der Waals surface area contributed by atoms with Gasteiger partial charge in [0.05, 0.1) is 0 Å². The van der Waals surface area contributed by atoms with Gasteiger partial charge in [-0.2, -0.15) is 0 Å². The minimum atomic E-state index is -1.31. The van der Waals surface area contributed by atoms with Crippen molar-refractivity contribution < 1.29 is 14.3 Å². The van der Waals surface area contributed by atoms with Crippen LogP contribution in [0.5, 0.6) is 0 Å². The van der Waals surface area contributed by atoms with Crippen LogP contribution in [0.2, 0.25) is 0 Å². The molecule has 0 saturated heterocycles. The van der Waals surface area contributed by atoms with E-state index in [0.717, 1.165) is 0 Å². The van der Waals surface area contributed by atoms with Gasteiger partial charge in [0.1, 0.15) is 12.2 Å². The first-order chi connectivity index (χ1) is 4.57. The second-order valence-electron chi connectivity index (χ2n) is 2.01. The highest BCUT2D eigenvalue weighted by atomic mass is 18.2. The van der Waals surface area contributed by atoms with Gasteiger partial charge in [-0.15, -0.1) is 0 Å². The fraction of sp³-hybridized carbons (Fsp3) is 0.800. The average Bonchev–Trinajstić information content (AvgIpc) is 1.87. The van der Waals surface area contributed by atoms with Crippen molar-refractivity contribution in [1.29, 1.82) is 0 Å². The molecule has 0 aliphatic carbocycles. The average molecular weight is 149 g/mol. The Morgan fingerprint density at radius 3 is 2.50 bits per heavy atom. The number of halogens is 1. The number of rotatable bonds is 4. The number of carbonyl (C=O) groups is 1. The van der Waals surface area contributed by atoms with Crippen LogP contribution in [0, 0.1) is 0 Å². The van der Waals surface area contributed by atoms with Gasteiger partial charge in [-0.05, 0) is 0 Å². The molecular formula is C5H11FN2O2. The molecule has 0 heterocycles. The molecule has 1 unspecified atom stereocenters. The van der Waals surface area contributed by atoms with Crippen LogP contribution in [0.4, 0.5) is 4.39 Å². The van der Waals surface area contributed by atoms with Crippen LogP contribution in [-0.4, -0.2) is 29.8 Å². The van der Waals surface area contributed by atoms with Gasteiger partial charge in [0.25, 0.3) is 0 Å². The summed E-state index contributed by atoms with van der Waals surface area (Å²) in [6.45, 7) is -0.180. The van der Waals surface area contributed by atoms with E-state index in [4.69, 9.17) is 16.6 Å². The lowest BCUT2D eigenvalue weighted by atomic mass is 10.1. The second-order valence-corrected chi connectivity index (χ2v) is 2.01. The van der Waals surface area contributed by atoms with Gasteiger partial charge in [0.2, 0.25) is 0 Å². The minimum Gasteiger partial charge on any atom is -0.480 e. The molecule has 2 atom stereocenters. The number of carboxylic acids is 1. The summed E-state index contributed by atoms with van der Waals surface area (Å²) in [5, 5.41) is 8.19. The maximum absolute atomic E-state index is 12.3. The van der Waals surface area contributed by atoms with E-state index in [-0.39, 0.29) is 13.0 Å². The van der Waals surface area contributed by atoms with Gasteiger partial charge < -0.3 is 16.6 Å². The molecule has 0 spiro atoms. The third kappa shape index (κ3) is 3.37. The molecule has 60 valence electrons. The molecule has 5 heteroatoms. The van der Waals surface area contributed by atoms with Crippen LogP contribution in [0.3, 0.4) is 0 Å². The third-order valence-electron chi connectivity index (χ3n) is 1.08. The van der Waals surface area contributed by atoms with E-state index in [1.165, 1.54) is 0 Å². The Kier molecular flexibility index (Phi) is 3.90. The van der Waals surface area contributed by atoms with Crippen LogP contribution >= 0.6 is 0 Å². The lowest BCUT2D eigenvalue weighted by Crippen LogP contribution is -2.34. The summed E-state index contributed by atoms with van der Waals surface area (Å²) < 4.78 is 12.3. The molecule has 0 fully saturated rings. The molecule has 0 rings (SSSR count). The number of nitrogens with two attached hydrogens (primary N) is 2. The first-order valence-corrected chi connectivity index (χ1v) is 2.90.